The van der Waals surface area contributed by atoms with Crippen molar-refractivity contribution in [3.8, 4) is 11.4 Å². The Bertz CT molecular complexity index is 1130. The van der Waals surface area contributed by atoms with Gasteiger partial charge in [0.25, 0.3) is 5.91 Å². The maximum Gasteiger partial charge on any atom is 0.252 e. The molecule has 8 nitrogen and oxygen atoms in total. The van der Waals surface area contributed by atoms with Gasteiger partial charge in [0.2, 0.25) is 10.0 Å². The third-order valence-corrected chi connectivity index (χ3v) is 8.25. The number of carbonyl (C=O) groups excluding carboxylic acids is 1. The number of benzene rings is 1. The Morgan fingerprint density at radius 2 is 1.97 bits per heavy atom. The van der Waals surface area contributed by atoms with Crippen LogP contribution in [-0.4, -0.2) is 61.0 Å². The van der Waals surface area contributed by atoms with E-state index in [1.54, 1.807) is 24.3 Å². The summed E-state index contributed by atoms with van der Waals surface area (Å²) >= 11 is 0. The molecule has 1 aromatic carbocycles. The van der Waals surface area contributed by atoms with Crippen molar-refractivity contribution in [3.05, 3.63) is 48.0 Å². The number of carbonyl (C=O) groups is 1. The molecular weight excluding hydrogens is 454 g/mol. The minimum Gasteiger partial charge on any atom is -0.275 e. The second kappa shape index (κ2) is 9.03. The molecule has 0 saturated heterocycles. The monoisotopic (exact) mass is 480 g/mol. The van der Waals surface area contributed by atoms with Crippen LogP contribution in [0.4, 0.5) is 8.78 Å². The average molecular weight is 481 g/mol. The largest absolute Gasteiger partial charge is 0.275 e. The van der Waals surface area contributed by atoms with Crippen LogP contribution in [0, 0.1) is 11.2 Å². The van der Waals surface area contributed by atoms with Crippen molar-refractivity contribution in [3.63, 3.8) is 0 Å². The minimum atomic E-state index is -3.62. The molecule has 0 aliphatic heterocycles. The number of hydrogen-bond donors (Lipinski definition) is 1. The molecule has 0 unspecified atom stereocenters. The fourth-order valence-electron chi connectivity index (χ4n) is 4.43. The van der Waals surface area contributed by atoms with Crippen LogP contribution in [0.2, 0.25) is 0 Å². The average Bonchev–Trinajstić information content (AvgIpc) is 3.60. The molecule has 0 bridgehead atoms. The summed E-state index contributed by atoms with van der Waals surface area (Å²) in [7, 11) is -0.831. The fourth-order valence-corrected chi connectivity index (χ4v) is 6.03. The number of hydrogen-bond acceptors (Lipinski definition) is 6. The zero-order valence-electron chi connectivity index (χ0n) is 18.4. The summed E-state index contributed by atoms with van der Waals surface area (Å²) in [5.41, 5.74) is 0.135. The SMILES string of the molecule is CON(C)C(=O)[C@@]1(Cc2cccc(-c3ncc(F)cn3)c2)C[C@H](F)[C@H](NS(=O)(=O)C2CC2)C1. The van der Waals surface area contributed by atoms with Gasteiger partial charge in [-0.15, -0.1) is 0 Å². The van der Waals surface area contributed by atoms with E-state index in [4.69, 9.17) is 4.84 Å². The van der Waals surface area contributed by atoms with Gasteiger partial charge in [0.1, 0.15) is 6.17 Å². The van der Waals surface area contributed by atoms with E-state index >= 15 is 4.39 Å². The molecule has 2 saturated carbocycles. The fraction of sp³-hybridized carbons (Fsp3) is 0.500. The van der Waals surface area contributed by atoms with Crippen molar-refractivity contribution < 1.29 is 26.8 Å². The highest BCUT2D eigenvalue weighted by atomic mass is 32.2. The number of sulfonamides is 1. The molecule has 2 aliphatic carbocycles. The number of alkyl halides is 1. The molecule has 0 radical (unpaired) electrons. The molecule has 1 heterocycles. The van der Waals surface area contributed by atoms with Gasteiger partial charge in [-0.25, -0.2) is 37.0 Å². The van der Waals surface area contributed by atoms with Gasteiger partial charge >= 0.3 is 0 Å². The quantitative estimate of drug-likeness (QED) is 0.583. The van der Waals surface area contributed by atoms with Crippen LogP contribution in [0.25, 0.3) is 11.4 Å². The van der Waals surface area contributed by atoms with E-state index in [0.29, 0.717) is 24.2 Å². The molecule has 0 spiro atoms. The van der Waals surface area contributed by atoms with Gasteiger partial charge in [0.15, 0.2) is 11.6 Å². The van der Waals surface area contributed by atoms with Crippen LogP contribution in [0.5, 0.6) is 0 Å². The number of rotatable bonds is 8. The molecule has 1 aromatic heterocycles. The first-order valence-electron chi connectivity index (χ1n) is 10.7. The number of nitrogens with one attached hydrogen (secondary N) is 1. The Kier molecular flexibility index (Phi) is 6.47. The predicted molar refractivity (Wildman–Crippen MR) is 116 cm³/mol. The molecule has 1 N–H and O–H groups in total. The third kappa shape index (κ3) is 5.04. The van der Waals surface area contributed by atoms with Crippen molar-refractivity contribution in [1.82, 2.24) is 19.8 Å². The number of nitrogens with zero attached hydrogens (tertiary/aromatic N) is 3. The van der Waals surface area contributed by atoms with E-state index in [1.807, 2.05) is 0 Å². The highest BCUT2D eigenvalue weighted by molar-refractivity contribution is 7.90. The van der Waals surface area contributed by atoms with Crippen molar-refractivity contribution in [2.45, 2.75) is 49.6 Å². The molecule has 2 fully saturated rings. The number of halogens is 2. The highest BCUT2D eigenvalue weighted by Crippen LogP contribution is 2.45. The summed E-state index contributed by atoms with van der Waals surface area (Å²) in [4.78, 5) is 26.3. The lowest BCUT2D eigenvalue weighted by molar-refractivity contribution is -0.180. The Morgan fingerprint density at radius 3 is 2.61 bits per heavy atom. The Labute approximate surface area is 191 Å². The first-order valence-corrected chi connectivity index (χ1v) is 12.2. The summed E-state index contributed by atoms with van der Waals surface area (Å²) in [5.74, 6) is -0.664. The van der Waals surface area contributed by atoms with Gasteiger partial charge in [-0.2, -0.15) is 0 Å². The van der Waals surface area contributed by atoms with Crippen LogP contribution in [0.1, 0.15) is 31.2 Å². The number of aromatic nitrogens is 2. The van der Waals surface area contributed by atoms with E-state index < -0.39 is 44.6 Å². The van der Waals surface area contributed by atoms with Crippen LogP contribution in [-0.2, 0) is 26.1 Å². The molecular formula is C22H26F2N4O4S. The minimum absolute atomic E-state index is 0.00389. The summed E-state index contributed by atoms with van der Waals surface area (Å²) in [6.07, 6.45) is 1.76. The molecule has 178 valence electrons. The van der Waals surface area contributed by atoms with E-state index in [0.717, 1.165) is 23.0 Å². The highest BCUT2D eigenvalue weighted by Gasteiger charge is 2.53. The molecule has 33 heavy (non-hydrogen) atoms. The first kappa shape index (κ1) is 23.7. The van der Waals surface area contributed by atoms with Crippen LogP contribution in [0.15, 0.2) is 36.7 Å². The van der Waals surface area contributed by atoms with E-state index in [2.05, 4.69) is 14.7 Å². The smallest absolute Gasteiger partial charge is 0.252 e. The normalized spacial score (nSPS) is 25.2. The lowest BCUT2D eigenvalue weighted by Crippen LogP contribution is -2.44. The van der Waals surface area contributed by atoms with E-state index in [1.165, 1.54) is 14.2 Å². The van der Waals surface area contributed by atoms with Crippen LogP contribution < -0.4 is 4.72 Å². The second-order valence-electron chi connectivity index (χ2n) is 8.76. The van der Waals surface area contributed by atoms with Crippen LogP contribution in [0.3, 0.4) is 0 Å². The van der Waals surface area contributed by atoms with Gasteiger partial charge in [0.05, 0.1) is 36.2 Å². The second-order valence-corrected chi connectivity index (χ2v) is 10.8. The Hall–Kier alpha value is -2.50. The lowest BCUT2D eigenvalue weighted by Gasteiger charge is -2.31. The number of hydroxylamine groups is 2. The van der Waals surface area contributed by atoms with Gasteiger partial charge in [-0.3, -0.25) is 9.63 Å². The first-order chi connectivity index (χ1) is 15.6. The van der Waals surface area contributed by atoms with Crippen molar-refractivity contribution >= 4 is 15.9 Å². The summed E-state index contributed by atoms with van der Waals surface area (Å²) in [5, 5.41) is 0.571. The van der Waals surface area contributed by atoms with Crippen molar-refractivity contribution in [2.24, 2.45) is 5.41 Å². The summed E-state index contributed by atoms with van der Waals surface area (Å²) < 4.78 is 55.6. The summed E-state index contributed by atoms with van der Waals surface area (Å²) in [6.45, 7) is 0. The molecule has 2 aromatic rings. The topological polar surface area (TPSA) is 101 Å². The molecule has 1 amide bonds. The van der Waals surface area contributed by atoms with E-state index in [-0.39, 0.29) is 19.3 Å². The van der Waals surface area contributed by atoms with E-state index in [9.17, 15) is 17.6 Å². The predicted octanol–water partition coefficient (Wildman–Crippen LogP) is 2.41. The summed E-state index contributed by atoms with van der Waals surface area (Å²) in [6, 6.07) is 6.08. The molecule has 11 heteroatoms. The third-order valence-electron chi connectivity index (χ3n) is 6.27. The maximum absolute atomic E-state index is 15.1. The van der Waals surface area contributed by atoms with Gasteiger partial charge in [-0.1, -0.05) is 18.2 Å². The van der Waals surface area contributed by atoms with Crippen molar-refractivity contribution in [2.75, 3.05) is 14.2 Å². The maximum atomic E-state index is 15.1. The van der Waals surface area contributed by atoms with Gasteiger partial charge in [-0.05, 0) is 43.7 Å². The zero-order valence-corrected chi connectivity index (χ0v) is 19.2. The van der Waals surface area contributed by atoms with Crippen molar-refractivity contribution in [1.29, 1.82) is 0 Å². The number of amides is 1. The lowest BCUT2D eigenvalue weighted by atomic mass is 9.78. The standard InChI is InChI=1S/C22H26F2N4O4S/c1-28(32-2)21(29)22(10-18(24)19(11-22)27-33(30,31)17-6-7-17)9-14-4-3-5-15(8-14)20-25-12-16(23)13-26-20/h3-5,8,12-13,17-19,27H,6-7,9-11H2,1-2H3/t18-,19+,22-/m0/s1. The molecule has 4 rings (SSSR count). The Balaban J connectivity index is 1.62. The molecule has 3 atom stereocenters. The zero-order chi connectivity index (χ0) is 23.8. The van der Waals surface area contributed by atoms with Gasteiger partial charge < -0.3 is 0 Å². The van der Waals surface area contributed by atoms with Crippen LogP contribution >= 0.6 is 0 Å². The molecule has 2 aliphatic rings. The van der Waals surface area contributed by atoms with Gasteiger partial charge in [0, 0.05) is 12.6 Å². The Morgan fingerprint density at radius 1 is 1.27 bits per heavy atom.